The third kappa shape index (κ3) is 4.16. The van der Waals surface area contributed by atoms with E-state index in [0.29, 0.717) is 0 Å². The van der Waals surface area contributed by atoms with Gasteiger partial charge in [0.2, 0.25) is 0 Å². The van der Waals surface area contributed by atoms with E-state index in [2.05, 4.69) is 55.2 Å². The van der Waals surface area contributed by atoms with Crippen molar-refractivity contribution in [2.45, 2.75) is 26.2 Å². The molecule has 0 fully saturated rings. The maximum atomic E-state index is 4.07. The van der Waals surface area contributed by atoms with Crippen molar-refractivity contribution in [3.05, 3.63) is 71.3 Å². The summed E-state index contributed by atoms with van der Waals surface area (Å²) in [6, 6.07) is 18.4. The molecule has 102 valence electrons. The van der Waals surface area contributed by atoms with Crippen LogP contribution in [0, 0.1) is 0 Å². The van der Waals surface area contributed by atoms with Crippen molar-refractivity contribution in [3.63, 3.8) is 0 Å². The van der Waals surface area contributed by atoms with Gasteiger partial charge in [0, 0.05) is 0 Å². The number of hydrogen-bond donors (Lipinski definition) is 0. The molecule has 0 amide bonds. The second-order valence-corrected chi connectivity index (χ2v) is 5.77. The first-order valence-corrected chi connectivity index (χ1v) is 6.78. The number of benzene rings is 2. The molecular weight excluding hydrogens is 244 g/mol. The van der Waals surface area contributed by atoms with Crippen LogP contribution in [0.15, 0.2) is 64.8 Å². The fourth-order valence-electron chi connectivity index (χ4n) is 1.81. The maximum absolute atomic E-state index is 4.07. The standard InChI is InChI=1S/C18H20N2/c1-18(2,3)17-11-9-16(10-12-17)14-20-19-13-15-7-5-4-6-8-15/h4-14H,1-3H3/b19-13+,20-14+. The Labute approximate surface area is 120 Å². The van der Waals surface area contributed by atoms with Crippen LogP contribution in [0.1, 0.15) is 37.5 Å². The minimum atomic E-state index is 0.182. The van der Waals surface area contributed by atoms with E-state index in [1.807, 2.05) is 30.3 Å². The molecule has 0 atom stereocenters. The Kier molecular flexibility index (Phi) is 4.46. The van der Waals surface area contributed by atoms with Crippen molar-refractivity contribution in [2.75, 3.05) is 0 Å². The van der Waals surface area contributed by atoms with Crippen LogP contribution in [0.25, 0.3) is 0 Å². The average Bonchev–Trinajstić information content (AvgIpc) is 2.44. The molecule has 0 saturated carbocycles. The third-order valence-corrected chi connectivity index (χ3v) is 3.06. The van der Waals surface area contributed by atoms with E-state index in [1.165, 1.54) is 5.56 Å². The van der Waals surface area contributed by atoms with Crippen molar-refractivity contribution < 1.29 is 0 Å². The molecule has 2 aromatic rings. The highest BCUT2D eigenvalue weighted by Crippen LogP contribution is 2.21. The topological polar surface area (TPSA) is 24.7 Å². The van der Waals surface area contributed by atoms with E-state index in [0.717, 1.165) is 11.1 Å². The smallest absolute Gasteiger partial charge is 0.0568 e. The van der Waals surface area contributed by atoms with Crippen molar-refractivity contribution in [2.24, 2.45) is 10.2 Å². The quantitative estimate of drug-likeness (QED) is 0.578. The lowest BCUT2D eigenvalue weighted by Gasteiger charge is -2.18. The highest BCUT2D eigenvalue weighted by molar-refractivity contribution is 5.82. The second-order valence-electron chi connectivity index (χ2n) is 5.77. The highest BCUT2D eigenvalue weighted by atomic mass is 15.2. The zero-order valence-corrected chi connectivity index (χ0v) is 12.2. The van der Waals surface area contributed by atoms with E-state index in [1.54, 1.807) is 12.4 Å². The van der Waals surface area contributed by atoms with Crippen molar-refractivity contribution in [3.8, 4) is 0 Å². The Morgan fingerprint density at radius 2 is 1.20 bits per heavy atom. The molecule has 0 saturated heterocycles. The number of rotatable bonds is 3. The van der Waals surface area contributed by atoms with Gasteiger partial charge in [-0.1, -0.05) is 75.4 Å². The molecule has 0 aliphatic heterocycles. The molecular formula is C18H20N2. The minimum absolute atomic E-state index is 0.182. The zero-order valence-electron chi connectivity index (χ0n) is 12.2. The SMILES string of the molecule is CC(C)(C)c1ccc(/C=N/N=C/c2ccccc2)cc1. The molecule has 2 rings (SSSR count). The molecule has 0 aromatic heterocycles. The molecule has 2 nitrogen and oxygen atoms in total. The van der Waals surface area contributed by atoms with Crippen molar-refractivity contribution in [1.29, 1.82) is 0 Å². The predicted octanol–water partition coefficient (Wildman–Crippen LogP) is 4.44. The van der Waals surface area contributed by atoms with E-state index >= 15 is 0 Å². The zero-order chi connectivity index (χ0) is 14.4. The summed E-state index contributed by atoms with van der Waals surface area (Å²) in [5.74, 6) is 0. The molecule has 0 aliphatic rings. The maximum Gasteiger partial charge on any atom is 0.0568 e. The molecule has 2 heteroatoms. The highest BCUT2D eigenvalue weighted by Gasteiger charge is 2.12. The molecule has 0 spiro atoms. The van der Waals surface area contributed by atoms with E-state index in [-0.39, 0.29) is 5.41 Å². The molecule has 0 aliphatic carbocycles. The van der Waals surface area contributed by atoms with E-state index < -0.39 is 0 Å². The van der Waals surface area contributed by atoms with Gasteiger partial charge in [-0.2, -0.15) is 10.2 Å². The van der Waals surface area contributed by atoms with Crippen LogP contribution in [0.3, 0.4) is 0 Å². The van der Waals surface area contributed by atoms with Crippen molar-refractivity contribution in [1.82, 2.24) is 0 Å². The Balaban J connectivity index is 2.00. The largest absolute Gasteiger partial charge is 0.159 e. The average molecular weight is 264 g/mol. The summed E-state index contributed by atoms with van der Waals surface area (Å²) in [5, 5.41) is 8.13. The van der Waals surface area contributed by atoms with Gasteiger partial charge in [-0.3, -0.25) is 0 Å². The molecule has 0 heterocycles. The van der Waals surface area contributed by atoms with Gasteiger partial charge in [0.25, 0.3) is 0 Å². The second kappa shape index (κ2) is 6.29. The van der Waals surface area contributed by atoms with E-state index in [9.17, 15) is 0 Å². The van der Waals surface area contributed by atoms with Crippen LogP contribution >= 0.6 is 0 Å². The fourth-order valence-corrected chi connectivity index (χ4v) is 1.81. The first-order chi connectivity index (χ1) is 9.55. The first kappa shape index (κ1) is 14.2. The fraction of sp³-hybridized carbons (Fsp3) is 0.222. The van der Waals surface area contributed by atoms with Gasteiger partial charge < -0.3 is 0 Å². The summed E-state index contributed by atoms with van der Waals surface area (Å²) in [4.78, 5) is 0. The lowest BCUT2D eigenvalue weighted by Crippen LogP contribution is -2.10. The molecule has 0 radical (unpaired) electrons. The van der Waals surface area contributed by atoms with Gasteiger partial charge in [0.1, 0.15) is 0 Å². The summed E-state index contributed by atoms with van der Waals surface area (Å²) in [7, 11) is 0. The summed E-state index contributed by atoms with van der Waals surface area (Å²) >= 11 is 0. The predicted molar refractivity (Wildman–Crippen MR) is 86.8 cm³/mol. The molecule has 0 bridgehead atoms. The normalized spacial score (nSPS) is 12.3. The van der Waals surface area contributed by atoms with Gasteiger partial charge in [-0.05, 0) is 22.1 Å². The van der Waals surface area contributed by atoms with Gasteiger partial charge in [0.15, 0.2) is 0 Å². The Morgan fingerprint density at radius 1 is 0.700 bits per heavy atom. The Hall–Kier alpha value is -2.22. The number of nitrogens with zero attached hydrogens (tertiary/aromatic N) is 2. The Morgan fingerprint density at radius 3 is 1.70 bits per heavy atom. The van der Waals surface area contributed by atoms with Gasteiger partial charge in [0.05, 0.1) is 12.4 Å². The van der Waals surface area contributed by atoms with Gasteiger partial charge in [-0.15, -0.1) is 0 Å². The lowest BCUT2D eigenvalue weighted by molar-refractivity contribution is 0.590. The molecule has 0 unspecified atom stereocenters. The minimum Gasteiger partial charge on any atom is -0.159 e. The van der Waals surface area contributed by atoms with Crippen LogP contribution in [0.2, 0.25) is 0 Å². The van der Waals surface area contributed by atoms with Crippen LogP contribution < -0.4 is 0 Å². The monoisotopic (exact) mass is 264 g/mol. The summed E-state index contributed by atoms with van der Waals surface area (Å²) < 4.78 is 0. The molecule has 2 aromatic carbocycles. The number of hydrogen-bond acceptors (Lipinski definition) is 2. The van der Waals surface area contributed by atoms with Gasteiger partial charge >= 0.3 is 0 Å². The van der Waals surface area contributed by atoms with E-state index in [4.69, 9.17) is 0 Å². The third-order valence-electron chi connectivity index (χ3n) is 3.06. The lowest BCUT2D eigenvalue weighted by atomic mass is 9.87. The molecule has 0 N–H and O–H groups in total. The summed E-state index contributed by atoms with van der Waals surface area (Å²) in [6.45, 7) is 6.63. The summed E-state index contributed by atoms with van der Waals surface area (Å²) in [6.07, 6.45) is 3.52. The van der Waals surface area contributed by atoms with Crippen LogP contribution in [-0.4, -0.2) is 12.4 Å². The molecule has 20 heavy (non-hydrogen) atoms. The van der Waals surface area contributed by atoms with Crippen molar-refractivity contribution >= 4 is 12.4 Å². The van der Waals surface area contributed by atoms with Gasteiger partial charge in [-0.25, -0.2) is 0 Å². The van der Waals surface area contributed by atoms with Crippen LogP contribution in [0.4, 0.5) is 0 Å². The van der Waals surface area contributed by atoms with Crippen LogP contribution in [-0.2, 0) is 5.41 Å². The summed E-state index contributed by atoms with van der Waals surface area (Å²) in [5.41, 5.74) is 3.61. The van der Waals surface area contributed by atoms with Crippen LogP contribution in [0.5, 0.6) is 0 Å². The Bertz CT molecular complexity index is 588. The first-order valence-electron chi connectivity index (χ1n) is 6.78.